The molecule has 1 fully saturated rings. The molecular weight excluding hydrogens is 210 g/mol. The van der Waals surface area contributed by atoms with Crippen molar-refractivity contribution in [1.82, 2.24) is 10.3 Å². The summed E-state index contributed by atoms with van der Waals surface area (Å²) in [6.45, 7) is 5.54. The fourth-order valence-corrected chi connectivity index (χ4v) is 2.52. The lowest BCUT2D eigenvalue weighted by molar-refractivity contribution is 0.393. The van der Waals surface area contributed by atoms with Crippen LogP contribution in [-0.4, -0.2) is 25.1 Å². The highest BCUT2D eigenvalue weighted by Crippen LogP contribution is 2.23. The molecule has 2 heterocycles. The molecule has 1 aliphatic heterocycles. The van der Waals surface area contributed by atoms with Crippen LogP contribution in [0.15, 0.2) is 18.3 Å². The largest absolute Gasteiger partial charge is 0.357 e. The van der Waals surface area contributed by atoms with Gasteiger partial charge in [0.25, 0.3) is 0 Å². The van der Waals surface area contributed by atoms with Crippen molar-refractivity contribution in [2.45, 2.75) is 32.7 Å². The SMILES string of the molecule is CCC1CCN(c2cc(CNC)ccn2)CC1. The standard InChI is InChI=1S/C14H23N3/c1-3-12-5-8-17(9-6-12)14-10-13(11-15-2)4-7-16-14/h4,7,10,12,15H,3,5-6,8-9,11H2,1-2H3. The van der Waals surface area contributed by atoms with Gasteiger partial charge in [-0.3, -0.25) is 0 Å². The van der Waals surface area contributed by atoms with Crippen LogP contribution < -0.4 is 10.2 Å². The molecule has 1 N–H and O–H groups in total. The molecule has 94 valence electrons. The Morgan fingerprint density at radius 3 is 2.82 bits per heavy atom. The van der Waals surface area contributed by atoms with Crippen LogP contribution in [0.4, 0.5) is 5.82 Å². The summed E-state index contributed by atoms with van der Waals surface area (Å²) in [7, 11) is 1.98. The lowest BCUT2D eigenvalue weighted by Gasteiger charge is -2.32. The topological polar surface area (TPSA) is 28.2 Å². The van der Waals surface area contributed by atoms with E-state index in [0.717, 1.165) is 31.4 Å². The summed E-state index contributed by atoms with van der Waals surface area (Å²) in [5.41, 5.74) is 1.31. The number of pyridine rings is 1. The van der Waals surface area contributed by atoms with Gasteiger partial charge in [0.15, 0.2) is 0 Å². The zero-order valence-corrected chi connectivity index (χ0v) is 10.9. The molecule has 1 aliphatic rings. The van der Waals surface area contributed by atoms with E-state index in [-0.39, 0.29) is 0 Å². The molecule has 0 amide bonds. The number of nitrogens with zero attached hydrogens (tertiary/aromatic N) is 2. The number of hydrogen-bond donors (Lipinski definition) is 1. The van der Waals surface area contributed by atoms with Crippen LogP contribution >= 0.6 is 0 Å². The number of nitrogens with one attached hydrogen (secondary N) is 1. The van der Waals surface area contributed by atoms with Crippen molar-refractivity contribution in [2.24, 2.45) is 5.92 Å². The normalized spacial score (nSPS) is 17.4. The second-order valence-electron chi connectivity index (χ2n) is 4.89. The molecule has 17 heavy (non-hydrogen) atoms. The van der Waals surface area contributed by atoms with Gasteiger partial charge >= 0.3 is 0 Å². The van der Waals surface area contributed by atoms with Crippen molar-refractivity contribution in [2.75, 3.05) is 25.0 Å². The summed E-state index contributed by atoms with van der Waals surface area (Å²) in [5.74, 6) is 2.07. The van der Waals surface area contributed by atoms with Gasteiger partial charge < -0.3 is 10.2 Å². The van der Waals surface area contributed by atoms with Gasteiger partial charge in [-0.25, -0.2) is 4.98 Å². The first kappa shape index (κ1) is 12.4. The van der Waals surface area contributed by atoms with E-state index >= 15 is 0 Å². The molecule has 0 saturated carbocycles. The van der Waals surface area contributed by atoms with Gasteiger partial charge in [0, 0.05) is 25.8 Å². The molecule has 0 spiro atoms. The summed E-state index contributed by atoms with van der Waals surface area (Å²) >= 11 is 0. The molecule has 2 rings (SSSR count). The van der Waals surface area contributed by atoms with Crippen molar-refractivity contribution < 1.29 is 0 Å². The smallest absolute Gasteiger partial charge is 0.128 e. The van der Waals surface area contributed by atoms with E-state index < -0.39 is 0 Å². The van der Waals surface area contributed by atoms with Crippen molar-refractivity contribution in [3.8, 4) is 0 Å². The first-order chi connectivity index (χ1) is 8.33. The van der Waals surface area contributed by atoms with E-state index in [9.17, 15) is 0 Å². The van der Waals surface area contributed by atoms with Gasteiger partial charge in [0.1, 0.15) is 5.82 Å². The Morgan fingerprint density at radius 2 is 2.18 bits per heavy atom. The monoisotopic (exact) mass is 233 g/mol. The predicted molar refractivity (Wildman–Crippen MR) is 72.2 cm³/mol. The summed E-state index contributed by atoms with van der Waals surface area (Å²) < 4.78 is 0. The first-order valence-electron chi connectivity index (χ1n) is 6.68. The lowest BCUT2D eigenvalue weighted by atomic mass is 9.94. The molecule has 1 aromatic heterocycles. The number of rotatable bonds is 4. The summed E-state index contributed by atoms with van der Waals surface area (Å²) in [5, 5.41) is 3.18. The van der Waals surface area contributed by atoms with Crippen molar-refractivity contribution >= 4 is 5.82 Å². The molecule has 0 aromatic carbocycles. The van der Waals surface area contributed by atoms with Crippen LogP contribution in [0.2, 0.25) is 0 Å². The third kappa shape index (κ3) is 3.19. The Labute approximate surface area is 104 Å². The molecule has 0 unspecified atom stereocenters. The Balaban J connectivity index is 2.00. The minimum Gasteiger partial charge on any atom is -0.357 e. The zero-order chi connectivity index (χ0) is 12.1. The highest BCUT2D eigenvalue weighted by atomic mass is 15.2. The highest BCUT2D eigenvalue weighted by molar-refractivity contribution is 5.41. The van der Waals surface area contributed by atoms with Crippen LogP contribution in [0.25, 0.3) is 0 Å². The Bertz CT molecular complexity index is 343. The fraction of sp³-hybridized carbons (Fsp3) is 0.643. The lowest BCUT2D eigenvalue weighted by Crippen LogP contribution is -2.34. The molecule has 0 radical (unpaired) electrons. The molecular formula is C14H23N3. The minimum atomic E-state index is 0.918. The van der Waals surface area contributed by atoms with Gasteiger partial charge in [-0.1, -0.05) is 13.3 Å². The van der Waals surface area contributed by atoms with Gasteiger partial charge in [-0.05, 0) is 43.5 Å². The van der Waals surface area contributed by atoms with Crippen LogP contribution in [0, 0.1) is 5.92 Å². The maximum absolute atomic E-state index is 4.49. The third-order valence-corrected chi connectivity index (χ3v) is 3.71. The number of piperidine rings is 1. The molecule has 3 heteroatoms. The van der Waals surface area contributed by atoms with Crippen LogP contribution in [0.1, 0.15) is 31.7 Å². The van der Waals surface area contributed by atoms with Crippen LogP contribution in [-0.2, 0) is 6.54 Å². The highest BCUT2D eigenvalue weighted by Gasteiger charge is 2.18. The second-order valence-corrected chi connectivity index (χ2v) is 4.89. The van der Waals surface area contributed by atoms with E-state index in [1.807, 2.05) is 13.2 Å². The van der Waals surface area contributed by atoms with Crippen molar-refractivity contribution in [1.29, 1.82) is 0 Å². The molecule has 0 atom stereocenters. The maximum atomic E-state index is 4.49. The van der Waals surface area contributed by atoms with E-state index in [1.54, 1.807) is 0 Å². The number of aromatic nitrogens is 1. The zero-order valence-electron chi connectivity index (χ0n) is 10.9. The minimum absolute atomic E-state index is 0.918. The fourth-order valence-electron chi connectivity index (χ4n) is 2.52. The Hall–Kier alpha value is -1.09. The van der Waals surface area contributed by atoms with Crippen molar-refractivity contribution in [3.63, 3.8) is 0 Å². The van der Waals surface area contributed by atoms with E-state index in [1.165, 1.54) is 24.8 Å². The first-order valence-corrected chi connectivity index (χ1v) is 6.68. The van der Waals surface area contributed by atoms with E-state index in [4.69, 9.17) is 0 Å². The average molecular weight is 233 g/mol. The van der Waals surface area contributed by atoms with E-state index in [0.29, 0.717) is 0 Å². The Kier molecular flexibility index (Phi) is 4.37. The molecule has 3 nitrogen and oxygen atoms in total. The number of anilines is 1. The second kappa shape index (κ2) is 6.01. The van der Waals surface area contributed by atoms with Gasteiger partial charge in [0.2, 0.25) is 0 Å². The van der Waals surface area contributed by atoms with Gasteiger partial charge in [0.05, 0.1) is 0 Å². The predicted octanol–water partition coefficient (Wildman–Crippen LogP) is 2.43. The number of hydrogen-bond acceptors (Lipinski definition) is 3. The molecule has 1 aromatic rings. The van der Waals surface area contributed by atoms with Crippen molar-refractivity contribution in [3.05, 3.63) is 23.9 Å². The molecule has 1 saturated heterocycles. The van der Waals surface area contributed by atoms with Gasteiger partial charge in [-0.2, -0.15) is 0 Å². The van der Waals surface area contributed by atoms with Crippen LogP contribution in [0.5, 0.6) is 0 Å². The summed E-state index contributed by atoms with van der Waals surface area (Å²) in [6.07, 6.45) is 5.87. The quantitative estimate of drug-likeness (QED) is 0.865. The molecule has 0 aliphatic carbocycles. The average Bonchev–Trinajstić information content (AvgIpc) is 2.40. The van der Waals surface area contributed by atoms with Gasteiger partial charge in [-0.15, -0.1) is 0 Å². The third-order valence-electron chi connectivity index (χ3n) is 3.71. The Morgan fingerprint density at radius 1 is 1.41 bits per heavy atom. The van der Waals surface area contributed by atoms with E-state index in [2.05, 4.69) is 34.3 Å². The summed E-state index contributed by atoms with van der Waals surface area (Å²) in [6, 6.07) is 4.29. The molecule has 0 bridgehead atoms. The van der Waals surface area contributed by atoms with Crippen LogP contribution in [0.3, 0.4) is 0 Å². The summed E-state index contributed by atoms with van der Waals surface area (Å²) in [4.78, 5) is 6.92. The maximum Gasteiger partial charge on any atom is 0.128 e.